The average Bonchev–Trinajstić information content (AvgIpc) is 3.06. The second-order valence-corrected chi connectivity index (χ2v) is 8.10. The molecule has 154 valence electrons. The molecule has 0 amide bonds. The predicted molar refractivity (Wildman–Crippen MR) is 117 cm³/mol. The smallest absolute Gasteiger partial charge is 0.124 e. The summed E-state index contributed by atoms with van der Waals surface area (Å²) < 4.78 is 14.1. The van der Waals surface area contributed by atoms with E-state index in [1.807, 2.05) is 0 Å². The maximum atomic E-state index is 6.26. The van der Waals surface area contributed by atoms with Gasteiger partial charge in [0.1, 0.15) is 18.2 Å². The van der Waals surface area contributed by atoms with E-state index in [1.165, 1.54) is 16.6 Å². The van der Waals surface area contributed by atoms with E-state index in [0.717, 1.165) is 56.5 Å². The van der Waals surface area contributed by atoms with E-state index >= 15 is 0 Å². The van der Waals surface area contributed by atoms with Gasteiger partial charge in [0, 0.05) is 13.1 Å². The monoisotopic (exact) mass is 393 g/mol. The molecule has 1 aliphatic rings. The van der Waals surface area contributed by atoms with Gasteiger partial charge in [-0.05, 0) is 42.2 Å². The minimum absolute atomic E-state index is 0.441. The van der Waals surface area contributed by atoms with Crippen LogP contribution < -0.4 is 4.74 Å². The highest BCUT2D eigenvalue weighted by Gasteiger charge is 2.17. The first-order chi connectivity index (χ1) is 14.1. The fourth-order valence-electron chi connectivity index (χ4n) is 3.95. The van der Waals surface area contributed by atoms with E-state index in [9.17, 15) is 0 Å². The number of para-hydroxylation sites is 2. The number of ether oxygens (including phenoxy) is 2. The standard InChI is InChI=1S/C24H31N3O2/c1-18(2)20-9-8-19(3)16-23(20)29-15-12-27-22-7-5-4-6-21(22)25-24(27)17-26-10-13-28-14-11-26/h4-9,16,18H,10-15,17H2,1-3H3. The minimum atomic E-state index is 0.441. The fourth-order valence-corrected chi connectivity index (χ4v) is 3.95. The van der Waals surface area contributed by atoms with Crippen LogP contribution in [0.25, 0.3) is 11.0 Å². The summed E-state index contributed by atoms with van der Waals surface area (Å²) in [5.74, 6) is 2.54. The predicted octanol–water partition coefficient (Wildman–Crippen LogP) is 4.38. The molecule has 1 saturated heterocycles. The lowest BCUT2D eigenvalue weighted by molar-refractivity contribution is 0.0326. The molecule has 5 nitrogen and oxygen atoms in total. The summed E-state index contributed by atoms with van der Waals surface area (Å²) in [5.41, 5.74) is 4.71. The number of morpholine rings is 1. The summed E-state index contributed by atoms with van der Waals surface area (Å²) in [5, 5.41) is 0. The summed E-state index contributed by atoms with van der Waals surface area (Å²) in [4.78, 5) is 7.33. The molecule has 0 radical (unpaired) electrons. The van der Waals surface area contributed by atoms with Crippen molar-refractivity contribution < 1.29 is 9.47 Å². The Kier molecular flexibility index (Phi) is 6.16. The first-order valence-corrected chi connectivity index (χ1v) is 10.6. The molecule has 3 aromatic rings. The van der Waals surface area contributed by atoms with Gasteiger partial charge in [0.2, 0.25) is 0 Å². The van der Waals surface area contributed by atoms with Crippen LogP contribution in [0.4, 0.5) is 0 Å². The Bertz CT molecular complexity index is 958. The number of rotatable bonds is 7. The second-order valence-electron chi connectivity index (χ2n) is 8.10. The molecular weight excluding hydrogens is 362 g/mol. The number of imidazole rings is 1. The van der Waals surface area contributed by atoms with Gasteiger partial charge in [0.05, 0.1) is 37.3 Å². The van der Waals surface area contributed by atoms with Crippen molar-refractivity contribution in [1.82, 2.24) is 14.5 Å². The largest absolute Gasteiger partial charge is 0.491 e. The lowest BCUT2D eigenvalue weighted by Crippen LogP contribution is -2.36. The SMILES string of the molecule is Cc1ccc(C(C)C)c(OCCn2c(CN3CCOCC3)nc3ccccc32)c1. The zero-order chi connectivity index (χ0) is 20.2. The van der Waals surface area contributed by atoms with Crippen molar-refractivity contribution in [2.45, 2.75) is 39.8 Å². The Hall–Kier alpha value is -2.37. The first kappa shape index (κ1) is 19.9. The van der Waals surface area contributed by atoms with Crippen molar-refractivity contribution in [3.63, 3.8) is 0 Å². The molecule has 0 N–H and O–H groups in total. The Morgan fingerprint density at radius 2 is 1.90 bits per heavy atom. The van der Waals surface area contributed by atoms with Crippen LogP contribution in [0.5, 0.6) is 5.75 Å². The molecular formula is C24H31N3O2. The van der Waals surface area contributed by atoms with Crippen molar-refractivity contribution in [2.24, 2.45) is 0 Å². The highest BCUT2D eigenvalue weighted by Crippen LogP contribution is 2.27. The van der Waals surface area contributed by atoms with Crippen LogP contribution in [0, 0.1) is 6.92 Å². The van der Waals surface area contributed by atoms with Crippen LogP contribution in [0.2, 0.25) is 0 Å². The van der Waals surface area contributed by atoms with Gasteiger partial charge in [-0.25, -0.2) is 4.98 Å². The van der Waals surface area contributed by atoms with Gasteiger partial charge in [-0.1, -0.05) is 38.1 Å². The molecule has 1 aromatic heterocycles. The van der Waals surface area contributed by atoms with Gasteiger partial charge >= 0.3 is 0 Å². The van der Waals surface area contributed by atoms with Crippen molar-refractivity contribution in [1.29, 1.82) is 0 Å². The van der Waals surface area contributed by atoms with E-state index in [0.29, 0.717) is 12.5 Å². The van der Waals surface area contributed by atoms with Gasteiger partial charge in [-0.3, -0.25) is 4.90 Å². The minimum Gasteiger partial charge on any atom is -0.491 e. The Morgan fingerprint density at radius 1 is 1.10 bits per heavy atom. The van der Waals surface area contributed by atoms with Crippen LogP contribution >= 0.6 is 0 Å². The van der Waals surface area contributed by atoms with Gasteiger partial charge in [-0.15, -0.1) is 0 Å². The molecule has 2 heterocycles. The lowest BCUT2D eigenvalue weighted by Gasteiger charge is -2.26. The summed E-state index contributed by atoms with van der Waals surface area (Å²) in [6.45, 7) is 12.3. The molecule has 0 aliphatic carbocycles. The maximum absolute atomic E-state index is 6.26. The first-order valence-electron chi connectivity index (χ1n) is 10.6. The summed E-state index contributed by atoms with van der Waals surface area (Å²) in [6.07, 6.45) is 0. The van der Waals surface area contributed by atoms with Crippen molar-refractivity contribution >= 4 is 11.0 Å². The molecule has 0 saturated carbocycles. The molecule has 29 heavy (non-hydrogen) atoms. The molecule has 0 unspecified atom stereocenters. The zero-order valence-corrected chi connectivity index (χ0v) is 17.7. The summed E-state index contributed by atoms with van der Waals surface area (Å²) in [6, 6.07) is 14.9. The Morgan fingerprint density at radius 3 is 2.69 bits per heavy atom. The van der Waals surface area contributed by atoms with Gasteiger partial charge in [0.15, 0.2) is 0 Å². The Balaban J connectivity index is 1.53. The number of benzene rings is 2. The average molecular weight is 394 g/mol. The van der Waals surface area contributed by atoms with E-state index < -0.39 is 0 Å². The van der Waals surface area contributed by atoms with Gasteiger partial charge < -0.3 is 14.0 Å². The third kappa shape index (κ3) is 4.62. The van der Waals surface area contributed by atoms with Gasteiger partial charge in [0.25, 0.3) is 0 Å². The topological polar surface area (TPSA) is 39.5 Å². The molecule has 0 bridgehead atoms. The number of hydrogen-bond donors (Lipinski definition) is 0. The van der Waals surface area contributed by atoms with E-state index in [-0.39, 0.29) is 0 Å². The lowest BCUT2D eigenvalue weighted by atomic mass is 10.0. The highest BCUT2D eigenvalue weighted by molar-refractivity contribution is 5.75. The third-order valence-corrected chi connectivity index (χ3v) is 5.57. The van der Waals surface area contributed by atoms with Crippen LogP contribution in [-0.4, -0.2) is 47.4 Å². The fraction of sp³-hybridized carbons (Fsp3) is 0.458. The normalized spacial score (nSPS) is 15.3. The summed E-state index contributed by atoms with van der Waals surface area (Å²) >= 11 is 0. The van der Waals surface area contributed by atoms with Crippen molar-refractivity contribution in [3.8, 4) is 5.75 Å². The number of aromatic nitrogens is 2. The second kappa shape index (κ2) is 8.97. The van der Waals surface area contributed by atoms with E-state index in [4.69, 9.17) is 14.5 Å². The number of fused-ring (bicyclic) bond motifs is 1. The van der Waals surface area contributed by atoms with E-state index in [1.54, 1.807) is 0 Å². The maximum Gasteiger partial charge on any atom is 0.124 e. The van der Waals surface area contributed by atoms with Crippen LogP contribution in [0.3, 0.4) is 0 Å². The van der Waals surface area contributed by atoms with Crippen molar-refractivity contribution in [3.05, 3.63) is 59.4 Å². The van der Waals surface area contributed by atoms with Crippen molar-refractivity contribution in [2.75, 3.05) is 32.9 Å². The summed E-state index contributed by atoms with van der Waals surface area (Å²) in [7, 11) is 0. The third-order valence-electron chi connectivity index (χ3n) is 5.57. The molecule has 1 aliphatic heterocycles. The number of aryl methyl sites for hydroxylation is 1. The molecule has 0 atom stereocenters. The molecule has 0 spiro atoms. The molecule has 4 rings (SSSR count). The molecule has 5 heteroatoms. The van der Waals surface area contributed by atoms with E-state index in [2.05, 4.69) is 72.7 Å². The number of hydrogen-bond acceptors (Lipinski definition) is 4. The van der Waals surface area contributed by atoms with Crippen LogP contribution in [0.15, 0.2) is 42.5 Å². The highest BCUT2D eigenvalue weighted by atomic mass is 16.5. The Labute approximate surface area is 173 Å². The van der Waals surface area contributed by atoms with Crippen LogP contribution in [-0.2, 0) is 17.8 Å². The number of nitrogens with zero attached hydrogens (tertiary/aromatic N) is 3. The quantitative estimate of drug-likeness (QED) is 0.597. The van der Waals surface area contributed by atoms with Crippen LogP contribution in [0.1, 0.15) is 36.7 Å². The zero-order valence-electron chi connectivity index (χ0n) is 17.7. The van der Waals surface area contributed by atoms with Gasteiger partial charge in [-0.2, -0.15) is 0 Å². The molecule has 1 fully saturated rings. The molecule has 2 aromatic carbocycles.